The molecule has 7 nitrogen and oxygen atoms in total. The summed E-state index contributed by atoms with van der Waals surface area (Å²) in [6.07, 6.45) is 3.42. The smallest absolute Gasteiger partial charge is 0.358 e. The maximum absolute atomic E-state index is 13.5. The van der Waals surface area contributed by atoms with Crippen molar-refractivity contribution in [1.82, 2.24) is 14.8 Å². The fraction of sp³-hybridized carbons (Fsp3) is 0.176. The third kappa shape index (κ3) is 4.12. The summed E-state index contributed by atoms with van der Waals surface area (Å²) in [5.41, 5.74) is 1.67. The lowest BCUT2D eigenvalue weighted by atomic mass is 10.2. The number of halogens is 1. The molecule has 0 bridgehead atoms. The highest BCUT2D eigenvalue weighted by Gasteiger charge is 2.16. The van der Waals surface area contributed by atoms with Gasteiger partial charge in [0.1, 0.15) is 10.8 Å². The van der Waals surface area contributed by atoms with Gasteiger partial charge in [0.2, 0.25) is 0 Å². The zero-order valence-corrected chi connectivity index (χ0v) is 14.8. The molecule has 0 radical (unpaired) electrons. The van der Waals surface area contributed by atoms with Crippen LogP contribution in [0.5, 0.6) is 0 Å². The molecule has 26 heavy (non-hydrogen) atoms. The van der Waals surface area contributed by atoms with Crippen LogP contribution in [0.4, 0.5) is 10.1 Å². The molecule has 2 heterocycles. The molecule has 1 amide bonds. The second-order valence-corrected chi connectivity index (χ2v) is 6.39. The zero-order valence-electron chi connectivity index (χ0n) is 14.0. The van der Waals surface area contributed by atoms with E-state index in [2.05, 4.69) is 15.4 Å². The van der Waals surface area contributed by atoms with Gasteiger partial charge in [0.25, 0.3) is 5.91 Å². The summed E-state index contributed by atoms with van der Waals surface area (Å²) in [4.78, 5) is 28.0. The van der Waals surface area contributed by atoms with Gasteiger partial charge < -0.3 is 10.1 Å². The molecule has 0 aliphatic heterocycles. The number of hydrogen-bond acceptors (Lipinski definition) is 6. The van der Waals surface area contributed by atoms with Crippen molar-refractivity contribution in [3.05, 3.63) is 53.0 Å². The molecule has 0 atom stereocenters. The maximum atomic E-state index is 13.5. The third-order valence-electron chi connectivity index (χ3n) is 3.46. The van der Waals surface area contributed by atoms with E-state index in [0.717, 1.165) is 5.56 Å². The highest BCUT2D eigenvalue weighted by Crippen LogP contribution is 2.23. The molecule has 0 saturated carbocycles. The van der Waals surface area contributed by atoms with E-state index in [1.165, 1.54) is 17.4 Å². The van der Waals surface area contributed by atoms with Gasteiger partial charge in [-0.05, 0) is 24.6 Å². The Morgan fingerprint density at radius 3 is 2.88 bits per heavy atom. The van der Waals surface area contributed by atoms with Crippen molar-refractivity contribution in [2.24, 2.45) is 7.05 Å². The number of nitrogens with one attached hydrogen (secondary N) is 1. The van der Waals surface area contributed by atoms with Gasteiger partial charge in [-0.15, -0.1) is 11.3 Å². The number of rotatable bonds is 5. The molecule has 9 heteroatoms. The Morgan fingerprint density at radius 2 is 2.19 bits per heavy atom. The third-order valence-corrected chi connectivity index (χ3v) is 4.35. The fourth-order valence-electron chi connectivity index (χ4n) is 2.10. The van der Waals surface area contributed by atoms with Crippen molar-refractivity contribution >= 4 is 28.9 Å². The number of thiazole rings is 1. The van der Waals surface area contributed by atoms with E-state index in [-0.39, 0.29) is 5.69 Å². The first kappa shape index (κ1) is 17.7. The predicted molar refractivity (Wildman–Crippen MR) is 94.4 cm³/mol. The van der Waals surface area contributed by atoms with E-state index in [9.17, 15) is 14.0 Å². The normalized spacial score (nSPS) is 10.6. The molecule has 0 aliphatic carbocycles. The molecule has 0 unspecified atom stereocenters. The number of hydrogen-bond donors (Lipinski definition) is 1. The monoisotopic (exact) mass is 374 g/mol. The van der Waals surface area contributed by atoms with Crippen LogP contribution in [0.25, 0.3) is 10.6 Å². The van der Waals surface area contributed by atoms with Crippen LogP contribution < -0.4 is 5.32 Å². The molecule has 0 fully saturated rings. The average Bonchev–Trinajstić information content (AvgIpc) is 3.25. The average molecular weight is 374 g/mol. The minimum absolute atomic E-state index is 0.114. The van der Waals surface area contributed by atoms with Gasteiger partial charge in [0, 0.05) is 29.9 Å². The van der Waals surface area contributed by atoms with Gasteiger partial charge >= 0.3 is 5.97 Å². The molecule has 1 N–H and O–H groups in total. The minimum atomic E-state index is -0.707. The van der Waals surface area contributed by atoms with Crippen LogP contribution in [-0.4, -0.2) is 33.2 Å². The number of esters is 1. The first-order valence-corrected chi connectivity index (χ1v) is 8.48. The van der Waals surface area contributed by atoms with Crippen LogP contribution in [0.2, 0.25) is 0 Å². The van der Waals surface area contributed by atoms with Crippen molar-refractivity contribution in [3.63, 3.8) is 0 Å². The largest absolute Gasteiger partial charge is 0.451 e. The molecular formula is C17H15FN4O3S. The highest BCUT2D eigenvalue weighted by atomic mass is 32.1. The van der Waals surface area contributed by atoms with Crippen LogP contribution in [0.15, 0.2) is 36.0 Å². The molecule has 134 valence electrons. The fourth-order valence-corrected chi connectivity index (χ4v) is 2.87. The Hall–Kier alpha value is -3.07. The van der Waals surface area contributed by atoms with Gasteiger partial charge in [0.15, 0.2) is 12.3 Å². The first-order chi connectivity index (χ1) is 12.4. The number of benzene rings is 1. The molecule has 3 aromatic rings. The number of carbonyl (C=O) groups is 2. The number of amides is 1. The lowest BCUT2D eigenvalue weighted by Crippen LogP contribution is -2.21. The van der Waals surface area contributed by atoms with E-state index in [0.29, 0.717) is 16.3 Å². The second kappa shape index (κ2) is 7.44. The number of aromatic nitrogens is 3. The first-order valence-electron chi connectivity index (χ1n) is 7.60. The number of ether oxygens (including phenoxy) is 1. The van der Waals surface area contributed by atoms with Gasteiger partial charge in [0.05, 0.1) is 6.20 Å². The van der Waals surface area contributed by atoms with Crippen molar-refractivity contribution in [2.45, 2.75) is 6.92 Å². The summed E-state index contributed by atoms with van der Waals surface area (Å²) in [5, 5.41) is 8.69. The lowest BCUT2D eigenvalue weighted by Gasteiger charge is -2.06. The predicted octanol–water partition coefficient (Wildman–Crippen LogP) is 2.79. The number of anilines is 1. The molecule has 0 aliphatic rings. The lowest BCUT2D eigenvalue weighted by molar-refractivity contribution is -0.119. The Kier molecular flexibility index (Phi) is 5.08. The summed E-state index contributed by atoms with van der Waals surface area (Å²) >= 11 is 1.28. The Morgan fingerprint density at radius 1 is 1.38 bits per heavy atom. The number of aryl methyl sites for hydroxylation is 2. The topological polar surface area (TPSA) is 86.1 Å². The summed E-state index contributed by atoms with van der Waals surface area (Å²) in [5.74, 6) is -1.70. The highest BCUT2D eigenvalue weighted by molar-refractivity contribution is 7.13. The summed E-state index contributed by atoms with van der Waals surface area (Å²) in [6, 6.07) is 4.32. The SMILES string of the molecule is Cc1ccc(NC(=O)COC(=O)c2csc(-c3cnn(C)c3)n2)cc1F. The van der Waals surface area contributed by atoms with Crippen LogP contribution >= 0.6 is 11.3 Å². The Bertz CT molecular complexity index is 967. The molecule has 3 rings (SSSR count). The Balaban J connectivity index is 1.56. The quantitative estimate of drug-likeness (QED) is 0.694. The van der Waals surface area contributed by atoms with Crippen molar-refractivity contribution in [3.8, 4) is 10.6 Å². The number of carbonyl (C=O) groups excluding carboxylic acids is 2. The van der Waals surface area contributed by atoms with Gasteiger partial charge in [-0.2, -0.15) is 5.10 Å². The van der Waals surface area contributed by atoms with Crippen LogP contribution in [-0.2, 0) is 16.6 Å². The van der Waals surface area contributed by atoms with Gasteiger partial charge in [-0.25, -0.2) is 14.2 Å². The second-order valence-electron chi connectivity index (χ2n) is 5.53. The van der Waals surface area contributed by atoms with E-state index in [4.69, 9.17) is 4.74 Å². The van der Waals surface area contributed by atoms with Crippen molar-refractivity contribution in [1.29, 1.82) is 0 Å². The van der Waals surface area contributed by atoms with Gasteiger partial charge in [-0.3, -0.25) is 9.48 Å². The van der Waals surface area contributed by atoms with E-state index in [1.54, 1.807) is 48.6 Å². The molecule has 1 aromatic carbocycles. The van der Waals surface area contributed by atoms with Crippen LogP contribution in [0, 0.1) is 12.7 Å². The zero-order chi connectivity index (χ0) is 18.7. The van der Waals surface area contributed by atoms with Crippen molar-refractivity contribution < 1.29 is 18.7 Å². The molecule has 0 spiro atoms. The summed E-state index contributed by atoms with van der Waals surface area (Å²) in [6.45, 7) is 1.13. The van der Waals surface area contributed by atoms with E-state index < -0.39 is 24.3 Å². The summed E-state index contributed by atoms with van der Waals surface area (Å²) in [7, 11) is 1.78. The van der Waals surface area contributed by atoms with Crippen LogP contribution in [0.3, 0.4) is 0 Å². The molecule has 2 aromatic heterocycles. The maximum Gasteiger partial charge on any atom is 0.358 e. The van der Waals surface area contributed by atoms with Crippen molar-refractivity contribution in [2.75, 3.05) is 11.9 Å². The molecular weight excluding hydrogens is 359 g/mol. The minimum Gasteiger partial charge on any atom is -0.451 e. The standard InChI is InChI=1S/C17H15FN4O3S/c1-10-3-4-12(5-13(10)18)20-15(23)8-25-17(24)14-9-26-16(21-14)11-6-19-22(2)7-11/h3-7,9H,8H2,1-2H3,(H,20,23). The Labute approximate surface area is 152 Å². The van der Waals surface area contributed by atoms with E-state index >= 15 is 0 Å². The van der Waals surface area contributed by atoms with Crippen LogP contribution in [0.1, 0.15) is 16.1 Å². The number of nitrogens with zero attached hydrogens (tertiary/aromatic N) is 3. The van der Waals surface area contributed by atoms with Gasteiger partial charge in [-0.1, -0.05) is 6.07 Å². The summed E-state index contributed by atoms with van der Waals surface area (Å²) < 4.78 is 20.0. The molecule has 0 saturated heterocycles. The van der Waals surface area contributed by atoms with E-state index in [1.807, 2.05) is 0 Å².